The molecule has 5 nitrogen and oxygen atoms in total. The maximum absolute atomic E-state index is 5.84. The number of hydrogen-bond donors (Lipinski definition) is 1. The first-order valence-electron chi connectivity index (χ1n) is 7.24. The molecule has 1 aliphatic rings. The molecule has 1 N–H and O–H groups in total. The van der Waals surface area contributed by atoms with Gasteiger partial charge in [0.25, 0.3) is 0 Å². The minimum absolute atomic E-state index is 0.0595. The first-order chi connectivity index (χ1) is 10.3. The summed E-state index contributed by atoms with van der Waals surface area (Å²) >= 11 is 0. The highest BCUT2D eigenvalue weighted by molar-refractivity contribution is 5.32. The van der Waals surface area contributed by atoms with Gasteiger partial charge in [0.2, 0.25) is 0 Å². The molecule has 0 amide bonds. The summed E-state index contributed by atoms with van der Waals surface area (Å²) in [5, 5.41) is 3.04. The Bertz CT molecular complexity index is 575. The molecule has 1 unspecified atom stereocenters. The number of morpholine rings is 1. The van der Waals surface area contributed by atoms with Gasteiger partial charge in [0, 0.05) is 32.9 Å². The Hall–Kier alpha value is -1.98. The first kappa shape index (κ1) is 14.0. The van der Waals surface area contributed by atoms with Gasteiger partial charge in [0.05, 0.1) is 6.61 Å². The highest BCUT2D eigenvalue weighted by Crippen LogP contribution is 2.21. The molecule has 2 heterocycles. The van der Waals surface area contributed by atoms with Crippen LogP contribution in [0.2, 0.25) is 0 Å². The highest BCUT2D eigenvalue weighted by atomic mass is 16.5. The van der Waals surface area contributed by atoms with E-state index in [-0.39, 0.29) is 6.10 Å². The summed E-state index contributed by atoms with van der Waals surface area (Å²) in [5.41, 5.74) is 1.32. The summed E-state index contributed by atoms with van der Waals surface area (Å²) in [6, 6.07) is 12.4. The Morgan fingerprint density at radius 2 is 2.14 bits per heavy atom. The largest absolute Gasteiger partial charge is 0.373 e. The number of nitrogens with one attached hydrogen (secondary N) is 1. The van der Waals surface area contributed by atoms with E-state index in [1.165, 1.54) is 5.56 Å². The summed E-state index contributed by atoms with van der Waals surface area (Å²) in [5.74, 6) is 1.57. The monoisotopic (exact) mass is 284 g/mol. The van der Waals surface area contributed by atoms with E-state index in [0.717, 1.165) is 31.3 Å². The van der Waals surface area contributed by atoms with Crippen LogP contribution in [-0.2, 0) is 11.3 Å². The molecule has 5 heteroatoms. The number of hydrogen-bond acceptors (Lipinski definition) is 5. The van der Waals surface area contributed by atoms with E-state index in [9.17, 15) is 0 Å². The van der Waals surface area contributed by atoms with Crippen LogP contribution in [0.5, 0.6) is 0 Å². The second-order valence-electron chi connectivity index (χ2n) is 5.13. The van der Waals surface area contributed by atoms with Crippen molar-refractivity contribution in [1.29, 1.82) is 0 Å². The Morgan fingerprint density at radius 3 is 2.95 bits per heavy atom. The zero-order chi connectivity index (χ0) is 14.5. The maximum Gasteiger partial charge on any atom is 0.160 e. The van der Waals surface area contributed by atoms with E-state index < -0.39 is 0 Å². The zero-order valence-corrected chi connectivity index (χ0v) is 12.2. The van der Waals surface area contributed by atoms with Gasteiger partial charge in [0.15, 0.2) is 5.82 Å². The molecule has 0 radical (unpaired) electrons. The average Bonchev–Trinajstić information content (AvgIpc) is 2.56. The predicted octanol–water partition coefficient (Wildman–Crippen LogP) is 2.09. The standard InChI is InChI=1S/C16H20N4O/c1-17-15-7-8-18-16(19-15)14-12-20(9-10-21-14)11-13-5-3-2-4-6-13/h2-8,14H,9-12H2,1H3,(H,17,18,19). The van der Waals surface area contributed by atoms with Crippen molar-refractivity contribution >= 4 is 5.82 Å². The van der Waals surface area contributed by atoms with Crippen molar-refractivity contribution in [3.8, 4) is 0 Å². The molecule has 1 aromatic carbocycles. The normalized spacial score (nSPS) is 19.4. The number of rotatable bonds is 4. The lowest BCUT2D eigenvalue weighted by Gasteiger charge is -2.32. The minimum atomic E-state index is -0.0595. The molecule has 2 aromatic rings. The van der Waals surface area contributed by atoms with Gasteiger partial charge >= 0.3 is 0 Å². The summed E-state index contributed by atoms with van der Waals surface area (Å²) in [6.07, 6.45) is 1.71. The van der Waals surface area contributed by atoms with Gasteiger partial charge in [-0.1, -0.05) is 30.3 Å². The maximum atomic E-state index is 5.84. The number of ether oxygens (including phenoxy) is 1. The Balaban J connectivity index is 1.67. The third kappa shape index (κ3) is 3.56. The van der Waals surface area contributed by atoms with Crippen LogP contribution in [0.1, 0.15) is 17.5 Å². The van der Waals surface area contributed by atoms with Gasteiger partial charge in [-0.05, 0) is 11.6 Å². The van der Waals surface area contributed by atoms with Gasteiger partial charge in [-0.25, -0.2) is 9.97 Å². The van der Waals surface area contributed by atoms with Crippen LogP contribution >= 0.6 is 0 Å². The molecule has 0 aliphatic carbocycles. The zero-order valence-electron chi connectivity index (χ0n) is 12.2. The van der Waals surface area contributed by atoms with Crippen LogP contribution in [0, 0.1) is 0 Å². The number of nitrogens with zero attached hydrogens (tertiary/aromatic N) is 3. The van der Waals surface area contributed by atoms with Gasteiger partial charge in [0.1, 0.15) is 11.9 Å². The van der Waals surface area contributed by atoms with E-state index in [1.54, 1.807) is 6.20 Å². The van der Waals surface area contributed by atoms with E-state index in [0.29, 0.717) is 6.61 Å². The Morgan fingerprint density at radius 1 is 1.29 bits per heavy atom. The predicted molar refractivity (Wildman–Crippen MR) is 82.0 cm³/mol. The summed E-state index contributed by atoms with van der Waals surface area (Å²) < 4.78 is 5.84. The van der Waals surface area contributed by atoms with Gasteiger partial charge in [-0.15, -0.1) is 0 Å². The summed E-state index contributed by atoms with van der Waals surface area (Å²) in [7, 11) is 1.86. The van der Waals surface area contributed by atoms with Crippen LogP contribution in [0.4, 0.5) is 5.82 Å². The number of benzene rings is 1. The second-order valence-corrected chi connectivity index (χ2v) is 5.13. The topological polar surface area (TPSA) is 50.3 Å². The second kappa shape index (κ2) is 6.65. The molecule has 1 fully saturated rings. The molecule has 110 valence electrons. The molecule has 0 saturated carbocycles. The molecular formula is C16H20N4O. The van der Waals surface area contributed by atoms with Gasteiger partial charge in [-0.3, -0.25) is 4.90 Å². The number of anilines is 1. The summed E-state index contributed by atoms with van der Waals surface area (Å²) in [4.78, 5) is 11.2. The number of aromatic nitrogens is 2. The van der Waals surface area contributed by atoms with Crippen molar-refractivity contribution in [3.63, 3.8) is 0 Å². The van der Waals surface area contributed by atoms with E-state index in [2.05, 4.69) is 44.5 Å². The molecule has 0 bridgehead atoms. The van der Waals surface area contributed by atoms with Crippen LogP contribution in [-0.4, -0.2) is 41.6 Å². The van der Waals surface area contributed by atoms with E-state index in [4.69, 9.17) is 4.74 Å². The molecule has 3 rings (SSSR count). The quantitative estimate of drug-likeness (QED) is 0.931. The van der Waals surface area contributed by atoms with E-state index in [1.807, 2.05) is 19.2 Å². The van der Waals surface area contributed by atoms with Crippen molar-refractivity contribution in [2.75, 3.05) is 32.1 Å². The Kier molecular flexibility index (Phi) is 4.43. The fraction of sp³-hybridized carbons (Fsp3) is 0.375. The van der Waals surface area contributed by atoms with Crippen LogP contribution in [0.15, 0.2) is 42.6 Å². The van der Waals surface area contributed by atoms with Crippen molar-refractivity contribution in [1.82, 2.24) is 14.9 Å². The van der Waals surface area contributed by atoms with Crippen molar-refractivity contribution in [2.24, 2.45) is 0 Å². The lowest BCUT2D eigenvalue weighted by molar-refractivity contribution is -0.0371. The lowest BCUT2D eigenvalue weighted by atomic mass is 10.2. The van der Waals surface area contributed by atoms with Crippen molar-refractivity contribution in [3.05, 3.63) is 54.0 Å². The first-order valence-corrected chi connectivity index (χ1v) is 7.24. The lowest BCUT2D eigenvalue weighted by Crippen LogP contribution is -2.38. The molecule has 1 aromatic heterocycles. The SMILES string of the molecule is CNc1ccnc(C2CN(Cc3ccccc3)CCO2)n1. The van der Waals surface area contributed by atoms with Crippen molar-refractivity contribution < 1.29 is 4.74 Å². The fourth-order valence-electron chi connectivity index (χ4n) is 2.51. The molecule has 0 spiro atoms. The molecule has 21 heavy (non-hydrogen) atoms. The van der Waals surface area contributed by atoms with Crippen LogP contribution in [0.25, 0.3) is 0 Å². The molecular weight excluding hydrogens is 264 g/mol. The average molecular weight is 284 g/mol. The minimum Gasteiger partial charge on any atom is -0.373 e. The molecule has 1 atom stereocenters. The van der Waals surface area contributed by atoms with Gasteiger partial charge < -0.3 is 10.1 Å². The third-order valence-corrected chi connectivity index (χ3v) is 3.62. The fourth-order valence-corrected chi connectivity index (χ4v) is 2.51. The van der Waals surface area contributed by atoms with Crippen molar-refractivity contribution in [2.45, 2.75) is 12.6 Å². The third-order valence-electron chi connectivity index (χ3n) is 3.62. The van der Waals surface area contributed by atoms with E-state index >= 15 is 0 Å². The van der Waals surface area contributed by atoms with Crippen LogP contribution in [0.3, 0.4) is 0 Å². The molecule has 1 saturated heterocycles. The van der Waals surface area contributed by atoms with Gasteiger partial charge in [-0.2, -0.15) is 0 Å². The summed E-state index contributed by atoms with van der Waals surface area (Å²) in [6.45, 7) is 3.41. The Labute approximate surface area is 125 Å². The molecule has 1 aliphatic heterocycles. The van der Waals surface area contributed by atoms with Crippen LogP contribution < -0.4 is 5.32 Å². The smallest absolute Gasteiger partial charge is 0.160 e. The highest BCUT2D eigenvalue weighted by Gasteiger charge is 2.24.